The van der Waals surface area contributed by atoms with Gasteiger partial charge in [-0.25, -0.2) is 4.79 Å². The zero-order valence-electron chi connectivity index (χ0n) is 9.76. The number of anilines is 1. The lowest BCUT2D eigenvalue weighted by Gasteiger charge is -2.17. The Balaban J connectivity index is 2.39. The minimum atomic E-state index is -0.466. The van der Waals surface area contributed by atoms with Gasteiger partial charge in [-0.1, -0.05) is 18.2 Å². The highest BCUT2D eigenvalue weighted by molar-refractivity contribution is 5.75. The molecule has 0 fully saturated rings. The molecular formula is C12H16N2O3. The maximum atomic E-state index is 11.0. The normalized spacial score (nSPS) is 9.47. The molecule has 1 N–H and O–H groups in total. The number of alkyl carbamates (subject to hydrolysis) is 1. The first-order valence-corrected chi connectivity index (χ1v) is 5.45. The van der Waals surface area contributed by atoms with Crippen LogP contribution in [0.15, 0.2) is 30.3 Å². The highest BCUT2D eigenvalue weighted by Gasteiger charge is 2.05. The van der Waals surface area contributed by atoms with Gasteiger partial charge in [0.05, 0.1) is 6.61 Å². The van der Waals surface area contributed by atoms with Crippen LogP contribution in [0.1, 0.15) is 6.92 Å². The Hall–Kier alpha value is -2.04. The minimum absolute atomic E-state index is 0.335. The fourth-order valence-electron chi connectivity index (χ4n) is 1.32. The smallest absolute Gasteiger partial charge is 0.407 e. The summed E-state index contributed by atoms with van der Waals surface area (Å²) < 4.78 is 4.71. The van der Waals surface area contributed by atoms with E-state index < -0.39 is 6.09 Å². The molecule has 0 heterocycles. The van der Waals surface area contributed by atoms with Gasteiger partial charge in [0.2, 0.25) is 6.41 Å². The van der Waals surface area contributed by atoms with Crippen molar-refractivity contribution >= 4 is 18.2 Å². The Kier molecular flexibility index (Phi) is 5.57. The third-order valence-corrected chi connectivity index (χ3v) is 2.11. The molecule has 0 aliphatic carbocycles. The average Bonchev–Trinajstić information content (AvgIpc) is 2.36. The minimum Gasteiger partial charge on any atom is -0.450 e. The molecule has 0 saturated heterocycles. The molecule has 0 bridgehead atoms. The lowest BCUT2D eigenvalue weighted by atomic mass is 10.3. The maximum absolute atomic E-state index is 11.0. The van der Waals surface area contributed by atoms with Crippen LogP contribution in [0.3, 0.4) is 0 Å². The highest BCUT2D eigenvalue weighted by atomic mass is 16.5. The number of rotatable bonds is 6. The van der Waals surface area contributed by atoms with Crippen molar-refractivity contribution in [1.82, 2.24) is 5.32 Å². The van der Waals surface area contributed by atoms with Crippen molar-refractivity contribution < 1.29 is 14.3 Å². The third-order valence-electron chi connectivity index (χ3n) is 2.11. The van der Waals surface area contributed by atoms with E-state index in [0.717, 1.165) is 12.1 Å². The predicted molar refractivity (Wildman–Crippen MR) is 64.9 cm³/mol. The average molecular weight is 236 g/mol. The Morgan fingerprint density at radius 3 is 2.71 bits per heavy atom. The molecule has 0 atom stereocenters. The molecule has 1 aromatic rings. The van der Waals surface area contributed by atoms with Gasteiger partial charge in [-0.05, 0) is 19.1 Å². The Morgan fingerprint density at radius 2 is 2.12 bits per heavy atom. The Morgan fingerprint density at radius 1 is 1.41 bits per heavy atom. The van der Waals surface area contributed by atoms with Gasteiger partial charge in [-0.15, -0.1) is 0 Å². The van der Waals surface area contributed by atoms with Crippen molar-refractivity contribution in [3.05, 3.63) is 30.3 Å². The van der Waals surface area contributed by atoms with Crippen LogP contribution in [0.2, 0.25) is 0 Å². The highest BCUT2D eigenvalue weighted by Crippen LogP contribution is 2.10. The molecule has 1 rings (SSSR count). The molecule has 0 aliphatic heterocycles. The summed E-state index contributed by atoms with van der Waals surface area (Å²) in [4.78, 5) is 23.4. The van der Waals surface area contributed by atoms with Crippen molar-refractivity contribution in [2.75, 3.05) is 24.6 Å². The summed E-state index contributed by atoms with van der Waals surface area (Å²) in [5.74, 6) is 0. The van der Waals surface area contributed by atoms with Gasteiger partial charge < -0.3 is 15.0 Å². The standard InChI is InChI=1S/C12H16N2O3/c1-2-17-12(16)13-8-9-14(10-15)11-6-4-3-5-7-11/h3-7,10H,2,8-9H2,1H3,(H,13,16). The number of nitrogens with zero attached hydrogens (tertiary/aromatic N) is 1. The lowest BCUT2D eigenvalue weighted by molar-refractivity contribution is -0.107. The molecule has 0 aromatic heterocycles. The molecule has 5 nitrogen and oxygen atoms in total. The largest absolute Gasteiger partial charge is 0.450 e. The summed E-state index contributed by atoms with van der Waals surface area (Å²) >= 11 is 0. The van der Waals surface area contributed by atoms with Crippen LogP contribution in [-0.2, 0) is 9.53 Å². The zero-order chi connectivity index (χ0) is 12.5. The number of carbonyl (C=O) groups excluding carboxylic acids is 2. The first kappa shape index (κ1) is 13.0. The molecule has 0 saturated carbocycles. The fraction of sp³-hybridized carbons (Fsp3) is 0.333. The Bertz CT molecular complexity index is 354. The maximum Gasteiger partial charge on any atom is 0.407 e. The van der Waals surface area contributed by atoms with Crippen LogP contribution in [0, 0.1) is 0 Å². The van der Waals surface area contributed by atoms with Crippen LogP contribution in [0.5, 0.6) is 0 Å². The summed E-state index contributed by atoms with van der Waals surface area (Å²) in [5, 5.41) is 2.56. The number of hydrogen-bond donors (Lipinski definition) is 1. The quantitative estimate of drug-likeness (QED) is 0.759. The number of carbonyl (C=O) groups is 2. The molecule has 92 valence electrons. The van der Waals surface area contributed by atoms with Gasteiger partial charge >= 0.3 is 6.09 Å². The van der Waals surface area contributed by atoms with E-state index in [1.807, 2.05) is 30.3 Å². The number of para-hydroxylation sites is 1. The number of amides is 2. The van der Waals surface area contributed by atoms with E-state index in [4.69, 9.17) is 4.74 Å². The second-order valence-electron chi connectivity index (χ2n) is 3.28. The second-order valence-corrected chi connectivity index (χ2v) is 3.28. The molecular weight excluding hydrogens is 220 g/mol. The second kappa shape index (κ2) is 7.27. The number of ether oxygens (including phenoxy) is 1. The number of benzene rings is 1. The van der Waals surface area contributed by atoms with Crippen molar-refractivity contribution in [2.45, 2.75) is 6.92 Å². The Labute approximate surface area is 100 Å². The van der Waals surface area contributed by atoms with E-state index in [1.165, 1.54) is 4.90 Å². The zero-order valence-corrected chi connectivity index (χ0v) is 9.76. The molecule has 0 spiro atoms. The monoisotopic (exact) mass is 236 g/mol. The van der Waals surface area contributed by atoms with Crippen LogP contribution >= 0.6 is 0 Å². The summed E-state index contributed by atoms with van der Waals surface area (Å²) in [5.41, 5.74) is 0.799. The predicted octanol–water partition coefficient (Wildman–Crippen LogP) is 1.40. The van der Waals surface area contributed by atoms with E-state index in [-0.39, 0.29) is 0 Å². The van der Waals surface area contributed by atoms with Crippen LogP contribution < -0.4 is 10.2 Å². The SMILES string of the molecule is CCOC(=O)NCCN(C=O)c1ccccc1. The van der Waals surface area contributed by atoms with Gasteiger partial charge in [0, 0.05) is 18.8 Å². The molecule has 0 unspecified atom stereocenters. The van der Waals surface area contributed by atoms with E-state index in [2.05, 4.69) is 5.32 Å². The van der Waals surface area contributed by atoms with Crippen LogP contribution in [0.25, 0.3) is 0 Å². The van der Waals surface area contributed by atoms with Gasteiger partial charge in [-0.3, -0.25) is 4.79 Å². The van der Waals surface area contributed by atoms with Crippen molar-refractivity contribution in [3.63, 3.8) is 0 Å². The molecule has 0 radical (unpaired) electrons. The van der Waals surface area contributed by atoms with E-state index in [1.54, 1.807) is 6.92 Å². The van der Waals surface area contributed by atoms with E-state index in [0.29, 0.717) is 19.7 Å². The van der Waals surface area contributed by atoms with Crippen LogP contribution in [-0.4, -0.2) is 32.2 Å². The number of hydrogen-bond acceptors (Lipinski definition) is 3. The van der Waals surface area contributed by atoms with Gasteiger partial charge in [0.1, 0.15) is 0 Å². The fourth-order valence-corrected chi connectivity index (χ4v) is 1.32. The summed E-state index contributed by atoms with van der Waals surface area (Å²) in [6.45, 7) is 2.84. The lowest BCUT2D eigenvalue weighted by Crippen LogP contribution is -2.34. The van der Waals surface area contributed by atoms with Gasteiger partial charge in [0.15, 0.2) is 0 Å². The van der Waals surface area contributed by atoms with Crippen molar-refractivity contribution in [3.8, 4) is 0 Å². The van der Waals surface area contributed by atoms with Crippen molar-refractivity contribution in [1.29, 1.82) is 0 Å². The third kappa shape index (κ3) is 4.55. The van der Waals surface area contributed by atoms with E-state index >= 15 is 0 Å². The summed E-state index contributed by atoms with van der Waals surface area (Å²) in [7, 11) is 0. The molecule has 5 heteroatoms. The van der Waals surface area contributed by atoms with Gasteiger partial charge in [0.25, 0.3) is 0 Å². The molecule has 17 heavy (non-hydrogen) atoms. The van der Waals surface area contributed by atoms with Gasteiger partial charge in [-0.2, -0.15) is 0 Å². The first-order chi connectivity index (χ1) is 8.27. The number of nitrogens with one attached hydrogen (secondary N) is 1. The summed E-state index contributed by atoms with van der Waals surface area (Å²) in [6, 6.07) is 9.25. The van der Waals surface area contributed by atoms with E-state index in [9.17, 15) is 9.59 Å². The molecule has 0 aliphatic rings. The first-order valence-electron chi connectivity index (χ1n) is 5.45. The molecule has 1 aromatic carbocycles. The topological polar surface area (TPSA) is 58.6 Å². The van der Waals surface area contributed by atoms with Crippen molar-refractivity contribution in [2.24, 2.45) is 0 Å². The van der Waals surface area contributed by atoms with Crippen LogP contribution in [0.4, 0.5) is 10.5 Å². The molecule has 2 amide bonds. The summed E-state index contributed by atoms with van der Waals surface area (Å²) in [6.07, 6.45) is 0.272.